The Hall–Kier alpha value is -1.49. The van der Waals surface area contributed by atoms with Crippen LogP contribution >= 0.6 is 0 Å². The van der Waals surface area contributed by atoms with Gasteiger partial charge in [0.05, 0.1) is 0 Å². The van der Waals surface area contributed by atoms with Crippen LogP contribution in [0.5, 0.6) is 0 Å². The lowest BCUT2D eigenvalue weighted by molar-refractivity contribution is 0.0236. The van der Waals surface area contributed by atoms with Crippen molar-refractivity contribution >= 4 is 6.09 Å². The molecule has 1 amide bonds. The number of hydrogen-bond donors (Lipinski definition) is 1. The maximum atomic E-state index is 12.2. The molecule has 0 radical (unpaired) electrons. The Morgan fingerprint density at radius 3 is 2.73 bits per heavy atom. The van der Waals surface area contributed by atoms with E-state index in [1.54, 1.807) is 0 Å². The van der Waals surface area contributed by atoms with Crippen molar-refractivity contribution in [1.29, 1.82) is 0 Å². The summed E-state index contributed by atoms with van der Waals surface area (Å²) in [7, 11) is 0. The van der Waals surface area contributed by atoms with Gasteiger partial charge < -0.3 is 19.5 Å². The molecule has 124 valence electrons. The van der Waals surface area contributed by atoms with Gasteiger partial charge >= 0.3 is 6.09 Å². The van der Waals surface area contributed by atoms with Crippen LogP contribution in [-0.4, -0.2) is 40.3 Å². The summed E-state index contributed by atoms with van der Waals surface area (Å²) in [6.45, 7) is 11.2. The molecule has 0 aromatic carbocycles. The summed E-state index contributed by atoms with van der Waals surface area (Å²) >= 11 is 0. The van der Waals surface area contributed by atoms with Crippen LogP contribution in [0.4, 0.5) is 4.79 Å². The van der Waals surface area contributed by atoms with E-state index in [1.165, 1.54) is 5.56 Å². The molecule has 1 N–H and O–H groups in total. The van der Waals surface area contributed by atoms with Crippen LogP contribution < -0.4 is 5.32 Å². The summed E-state index contributed by atoms with van der Waals surface area (Å²) in [5, 5.41) is 3.41. The molecular weight excluding hydrogens is 278 g/mol. The highest BCUT2D eigenvalue weighted by Gasteiger charge is 2.34. The van der Waals surface area contributed by atoms with Gasteiger partial charge in [0.15, 0.2) is 0 Å². The molecule has 0 saturated heterocycles. The fourth-order valence-corrected chi connectivity index (χ4v) is 2.35. The lowest BCUT2D eigenvalue weighted by Gasteiger charge is -2.27. The maximum Gasteiger partial charge on any atom is 0.410 e. The number of nitrogens with zero attached hydrogens (tertiary/aromatic N) is 2. The van der Waals surface area contributed by atoms with Crippen LogP contribution in [0.3, 0.4) is 0 Å². The SMILES string of the molecule is CCn1ccc(CNCCN(C(=O)OC(C)(C)C)C2CC2)c1. The molecule has 0 bridgehead atoms. The van der Waals surface area contributed by atoms with Crippen molar-refractivity contribution in [3.63, 3.8) is 0 Å². The quantitative estimate of drug-likeness (QED) is 0.788. The van der Waals surface area contributed by atoms with Gasteiger partial charge in [-0.3, -0.25) is 0 Å². The number of rotatable bonds is 7. The van der Waals surface area contributed by atoms with Gasteiger partial charge in [0.1, 0.15) is 5.60 Å². The van der Waals surface area contributed by atoms with Crippen LogP contribution in [0, 0.1) is 0 Å². The molecule has 2 rings (SSSR count). The van der Waals surface area contributed by atoms with Gasteiger partial charge in [0.2, 0.25) is 0 Å². The highest BCUT2D eigenvalue weighted by atomic mass is 16.6. The molecule has 1 heterocycles. The van der Waals surface area contributed by atoms with E-state index in [0.29, 0.717) is 12.6 Å². The fourth-order valence-electron chi connectivity index (χ4n) is 2.35. The van der Waals surface area contributed by atoms with Gasteiger partial charge in [-0.25, -0.2) is 4.79 Å². The zero-order chi connectivity index (χ0) is 16.2. The largest absolute Gasteiger partial charge is 0.444 e. The van der Waals surface area contributed by atoms with Crippen molar-refractivity contribution in [2.24, 2.45) is 0 Å². The van der Waals surface area contributed by atoms with Crippen molar-refractivity contribution in [1.82, 2.24) is 14.8 Å². The molecule has 22 heavy (non-hydrogen) atoms. The molecule has 1 saturated carbocycles. The third-order valence-corrected chi connectivity index (χ3v) is 3.65. The Kier molecular flexibility index (Phi) is 5.51. The first-order valence-electron chi connectivity index (χ1n) is 8.24. The minimum absolute atomic E-state index is 0.186. The van der Waals surface area contributed by atoms with Crippen LogP contribution in [-0.2, 0) is 17.8 Å². The lowest BCUT2D eigenvalue weighted by atomic mass is 10.2. The second-order valence-corrected chi connectivity index (χ2v) is 6.93. The molecule has 0 aliphatic heterocycles. The van der Waals surface area contributed by atoms with Crippen molar-refractivity contribution in [3.05, 3.63) is 24.0 Å². The molecule has 0 atom stereocenters. The lowest BCUT2D eigenvalue weighted by Crippen LogP contribution is -2.41. The van der Waals surface area contributed by atoms with Gasteiger partial charge in [-0.05, 0) is 52.2 Å². The molecule has 1 aromatic heterocycles. The molecular formula is C17H29N3O2. The second kappa shape index (κ2) is 7.18. The van der Waals surface area contributed by atoms with Gasteiger partial charge in [0, 0.05) is 44.6 Å². The molecule has 1 aliphatic rings. The first kappa shape index (κ1) is 16.9. The van der Waals surface area contributed by atoms with E-state index in [2.05, 4.69) is 35.3 Å². The Labute approximate surface area is 133 Å². The topological polar surface area (TPSA) is 46.5 Å². The maximum absolute atomic E-state index is 12.2. The van der Waals surface area contributed by atoms with E-state index >= 15 is 0 Å². The number of aromatic nitrogens is 1. The average Bonchev–Trinajstić information content (AvgIpc) is 3.14. The van der Waals surface area contributed by atoms with Gasteiger partial charge in [-0.1, -0.05) is 0 Å². The van der Waals surface area contributed by atoms with Crippen LogP contribution in [0.2, 0.25) is 0 Å². The first-order chi connectivity index (χ1) is 10.4. The zero-order valence-electron chi connectivity index (χ0n) is 14.3. The third-order valence-electron chi connectivity index (χ3n) is 3.65. The summed E-state index contributed by atoms with van der Waals surface area (Å²) < 4.78 is 7.65. The Morgan fingerprint density at radius 1 is 1.45 bits per heavy atom. The number of carbonyl (C=O) groups excluding carboxylic acids is 1. The molecule has 0 spiro atoms. The van der Waals surface area contributed by atoms with Crippen molar-refractivity contribution in [2.45, 2.75) is 65.3 Å². The highest BCUT2D eigenvalue weighted by Crippen LogP contribution is 2.28. The molecule has 1 aromatic rings. The van der Waals surface area contributed by atoms with E-state index in [-0.39, 0.29) is 6.09 Å². The fraction of sp³-hybridized carbons (Fsp3) is 0.706. The smallest absolute Gasteiger partial charge is 0.410 e. The number of aryl methyl sites for hydroxylation is 1. The number of hydrogen-bond acceptors (Lipinski definition) is 3. The zero-order valence-corrected chi connectivity index (χ0v) is 14.3. The summed E-state index contributed by atoms with van der Waals surface area (Å²) in [5.74, 6) is 0. The van der Waals surface area contributed by atoms with E-state index in [4.69, 9.17) is 4.74 Å². The number of amides is 1. The van der Waals surface area contributed by atoms with E-state index < -0.39 is 5.60 Å². The first-order valence-corrected chi connectivity index (χ1v) is 8.24. The molecule has 1 aliphatic carbocycles. The monoisotopic (exact) mass is 307 g/mol. The van der Waals surface area contributed by atoms with Gasteiger partial charge in [0.25, 0.3) is 0 Å². The Bertz CT molecular complexity index is 486. The van der Waals surface area contributed by atoms with Crippen LogP contribution in [0.1, 0.15) is 46.1 Å². The predicted octanol–water partition coefficient (Wildman–Crippen LogP) is 3.00. The number of nitrogens with one attached hydrogen (secondary N) is 1. The number of carbonyl (C=O) groups is 1. The van der Waals surface area contributed by atoms with Gasteiger partial charge in [-0.15, -0.1) is 0 Å². The minimum atomic E-state index is -0.430. The normalized spacial score (nSPS) is 14.9. The predicted molar refractivity (Wildman–Crippen MR) is 87.8 cm³/mol. The number of ether oxygens (including phenoxy) is 1. The van der Waals surface area contributed by atoms with Crippen molar-refractivity contribution in [2.75, 3.05) is 13.1 Å². The molecule has 1 fully saturated rings. The standard InChI is InChI=1S/C17H29N3O2/c1-5-19-10-8-14(13-19)12-18-9-11-20(15-6-7-15)16(21)22-17(2,3)4/h8,10,13,15,18H,5-7,9,11-12H2,1-4H3. The van der Waals surface area contributed by atoms with E-state index in [1.807, 2.05) is 25.7 Å². The van der Waals surface area contributed by atoms with Crippen molar-refractivity contribution < 1.29 is 9.53 Å². The Balaban J connectivity index is 1.74. The third kappa shape index (κ3) is 5.37. The summed E-state index contributed by atoms with van der Waals surface area (Å²) in [5.41, 5.74) is 0.845. The minimum Gasteiger partial charge on any atom is -0.444 e. The summed E-state index contributed by atoms with van der Waals surface area (Å²) in [4.78, 5) is 14.1. The van der Waals surface area contributed by atoms with E-state index in [9.17, 15) is 4.79 Å². The molecule has 0 unspecified atom stereocenters. The summed E-state index contributed by atoms with van der Waals surface area (Å²) in [6, 6.07) is 2.50. The summed E-state index contributed by atoms with van der Waals surface area (Å²) in [6.07, 6.45) is 6.25. The average molecular weight is 307 g/mol. The molecule has 5 heteroatoms. The van der Waals surface area contributed by atoms with Crippen LogP contribution in [0.15, 0.2) is 18.5 Å². The second-order valence-electron chi connectivity index (χ2n) is 6.93. The van der Waals surface area contributed by atoms with Crippen LogP contribution in [0.25, 0.3) is 0 Å². The highest BCUT2D eigenvalue weighted by molar-refractivity contribution is 5.69. The van der Waals surface area contributed by atoms with Gasteiger partial charge in [-0.2, -0.15) is 0 Å². The van der Waals surface area contributed by atoms with Crippen molar-refractivity contribution in [3.8, 4) is 0 Å². The Morgan fingerprint density at radius 2 is 2.18 bits per heavy atom. The van der Waals surface area contributed by atoms with E-state index in [0.717, 1.165) is 32.5 Å². The molecule has 5 nitrogen and oxygen atoms in total.